The largest absolute Gasteiger partial charge is 0.373 e. The summed E-state index contributed by atoms with van der Waals surface area (Å²) in [5.74, 6) is 0.291. The standard InChI is InChI=1S/C16H29N3O2/c1-12-9-18(10-13(2)21-12)11-15-4-3-7-19(15)16(20)8-17-14-5-6-14/h12-15,17H,3-11H2,1-2H3/t12-,13-,15-/m1/s1. The summed E-state index contributed by atoms with van der Waals surface area (Å²) in [6, 6.07) is 1.01. The van der Waals surface area contributed by atoms with Crippen LogP contribution < -0.4 is 5.32 Å². The van der Waals surface area contributed by atoms with Gasteiger partial charge in [-0.25, -0.2) is 0 Å². The van der Waals surface area contributed by atoms with Gasteiger partial charge in [0, 0.05) is 38.3 Å². The van der Waals surface area contributed by atoms with Crippen molar-refractivity contribution in [2.45, 2.75) is 63.8 Å². The fourth-order valence-electron chi connectivity index (χ4n) is 3.71. The molecule has 5 heteroatoms. The summed E-state index contributed by atoms with van der Waals surface area (Å²) in [5.41, 5.74) is 0. The second kappa shape index (κ2) is 6.63. The number of hydrogen-bond donors (Lipinski definition) is 1. The van der Waals surface area contributed by atoms with Crippen LogP contribution in [0.5, 0.6) is 0 Å². The van der Waals surface area contributed by atoms with Crippen molar-refractivity contribution >= 4 is 5.91 Å². The molecule has 2 heterocycles. The number of rotatable bonds is 5. The van der Waals surface area contributed by atoms with E-state index < -0.39 is 0 Å². The summed E-state index contributed by atoms with van der Waals surface area (Å²) < 4.78 is 5.79. The Morgan fingerprint density at radius 2 is 1.90 bits per heavy atom. The Kier molecular flexibility index (Phi) is 4.82. The van der Waals surface area contributed by atoms with Gasteiger partial charge in [0.2, 0.25) is 5.91 Å². The van der Waals surface area contributed by atoms with Crippen molar-refractivity contribution in [3.8, 4) is 0 Å². The first-order valence-electron chi connectivity index (χ1n) is 8.52. The molecule has 5 nitrogen and oxygen atoms in total. The number of carbonyl (C=O) groups excluding carboxylic acids is 1. The number of nitrogens with zero attached hydrogens (tertiary/aromatic N) is 2. The van der Waals surface area contributed by atoms with Gasteiger partial charge in [0.15, 0.2) is 0 Å². The van der Waals surface area contributed by atoms with Gasteiger partial charge in [-0.3, -0.25) is 9.69 Å². The van der Waals surface area contributed by atoms with Gasteiger partial charge in [0.25, 0.3) is 0 Å². The normalized spacial score (nSPS) is 34.4. The summed E-state index contributed by atoms with van der Waals surface area (Å²) in [4.78, 5) is 17.0. The molecular weight excluding hydrogens is 266 g/mol. The number of amides is 1. The summed E-state index contributed by atoms with van der Waals surface area (Å²) >= 11 is 0. The molecule has 0 unspecified atom stereocenters. The van der Waals surface area contributed by atoms with E-state index in [0.29, 0.717) is 36.7 Å². The summed E-state index contributed by atoms with van der Waals surface area (Å²) in [6.45, 7) is 8.72. The van der Waals surface area contributed by atoms with Crippen LogP contribution in [0.25, 0.3) is 0 Å². The van der Waals surface area contributed by atoms with E-state index in [0.717, 1.165) is 39.0 Å². The molecule has 120 valence electrons. The highest BCUT2D eigenvalue weighted by atomic mass is 16.5. The molecule has 3 aliphatic rings. The van der Waals surface area contributed by atoms with Crippen LogP contribution in [0.4, 0.5) is 0 Å². The molecule has 1 N–H and O–H groups in total. The third-order valence-electron chi connectivity index (χ3n) is 4.78. The van der Waals surface area contributed by atoms with Crippen molar-refractivity contribution in [3.05, 3.63) is 0 Å². The molecule has 0 aromatic heterocycles. The van der Waals surface area contributed by atoms with Crippen LogP contribution in [0.15, 0.2) is 0 Å². The molecule has 0 aromatic carbocycles. The number of likely N-dealkylation sites (tertiary alicyclic amines) is 1. The van der Waals surface area contributed by atoms with Gasteiger partial charge < -0.3 is 15.0 Å². The number of carbonyl (C=O) groups is 1. The highest BCUT2D eigenvalue weighted by Crippen LogP contribution is 2.22. The van der Waals surface area contributed by atoms with Gasteiger partial charge in [-0.1, -0.05) is 0 Å². The lowest BCUT2D eigenvalue weighted by atomic mass is 10.1. The maximum absolute atomic E-state index is 12.4. The third kappa shape index (κ3) is 4.18. The molecule has 21 heavy (non-hydrogen) atoms. The van der Waals surface area contributed by atoms with E-state index in [2.05, 4.69) is 29.0 Å². The van der Waals surface area contributed by atoms with Crippen LogP contribution in [0.2, 0.25) is 0 Å². The number of ether oxygens (including phenoxy) is 1. The fraction of sp³-hybridized carbons (Fsp3) is 0.938. The Balaban J connectivity index is 1.49. The molecule has 0 aromatic rings. The van der Waals surface area contributed by atoms with Crippen molar-refractivity contribution < 1.29 is 9.53 Å². The van der Waals surface area contributed by atoms with Crippen LogP contribution in [-0.2, 0) is 9.53 Å². The van der Waals surface area contributed by atoms with Crippen molar-refractivity contribution in [1.29, 1.82) is 0 Å². The minimum atomic E-state index is 0.291. The molecule has 3 atom stereocenters. The Morgan fingerprint density at radius 1 is 1.19 bits per heavy atom. The minimum Gasteiger partial charge on any atom is -0.373 e. The van der Waals surface area contributed by atoms with E-state index in [1.807, 2.05) is 0 Å². The molecule has 2 aliphatic heterocycles. The summed E-state index contributed by atoms with van der Waals surface area (Å²) in [7, 11) is 0. The number of nitrogens with one attached hydrogen (secondary N) is 1. The number of morpholine rings is 1. The highest BCUT2D eigenvalue weighted by Gasteiger charge is 2.32. The average molecular weight is 295 g/mol. The van der Waals surface area contributed by atoms with E-state index in [9.17, 15) is 4.79 Å². The predicted molar refractivity (Wildman–Crippen MR) is 82.2 cm³/mol. The van der Waals surface area contributed by atoms with E-state index in [1.54, 1.807) is 0 Å². The summed E-state index contributed by atoms with van der Waals surface area (Å²) in [6.07, 6.45) is 5.37. The van der Waals surface area contributed by atoms with Gasteiger partial charge in [-0.2, -0.15) is 0 Å². The van der Waals surface area contributed by atoms with Crippen molar-refractivity contribution in [1.82, 2.24) is 15.1 Å². The smallest absolute Gasteiger partial charge is 0.236 e. The molecule has 1 amide bonds. The van der Waals surface area contributed by atoms with Gasteiger partial charge in [-0.15, -0.1) is 0 Å². The number of hydrogen-bond acceptors (Lipinski definition) is 4. The maximum atomic E-state index is 12.4. The zero-order chi connectivity index (χ0) is 14.8. The van der Waals surface area contributed by atoms with Crippen LogP contribution in [0.3, 0.4) is 0 Å². The van der Waals surface area contributed by atoms with Crippen LogP contribution in [0, 0.1) is 0 Å². The third-order valence-corrected chi connectivity index (χ3v) is 4.78. The Labute approximate surface area is 128 Å². The summed E-state index contributed by atoms with van der Waals surface area (Å²) in [5, 5.41) is 3.35. The molecule has 0 radical (unpaired) electrons. The lowest BCUT2D eigenvalue weighted by Crippen LogP contribution is -2.51. The first-order chi connectivity index (χ1) is 10.1. The molecule has 2 saturated heterocycles. The molecule has 0 bridgehead atoms. The van der Waals surface area contributed by atoms with Crippen LogP contribution >= 0.6 is 0 Å². The van der Waals surface area contributed by atoms with E-state index in [1.165, 1.54) is 12.8 Å². The maximum Gasteiger partial charge on any atom is 0.236 e. The topological polar surface area (TPSA) is 44.8 Å². The zero-order valence-corrected chi connectivity index (χ0v) is 13.4. The van der Waals surface area contributed by atoms with Crippen molar-refractivity contribution in [3.63, 3.8) is 0 Å². The monoisotopic (exact) mass is 295 g/mol. The Hall–Kier alpha value is -0.650. The molecule has 3 rings (SSSR count). The second-order valence-electron chi connectivity index (χ2n) is 7.01. The molecule has 3 fully saturated rings. The van der Waals surface area contributed by atoms with Gasteiger partial charge in [-0.05, 0) is 39.5 Å². The van der Waals surface area contributed by atoms with E-state index in [-0.39, 0.29) is 0 Å². The molecule has 1 aliphatic carbocycles. The van der Waals surface area contributed by atoms with E-state index in [4.69, 9.17) is 4.74 Å². The first kappa shape index (κ1) is 15.3. The highest BCUT2D eigenvalue weighted by molar-refractivity contribution is 5.79. The zero-order valence-electron chi connectivity index (χ0n) is 13.4. The Morgan fingerprint density at radius 3 is 2.57 bits per heavy atom. The van der Waals surface area contributed by atoms with Crippen molar-refractivity contribution in [2.75, 3.05) is 32.7 Å². The molecule has 1 saturated carbocycles. The first-order valence-corrected chi connectivity index (χ1v) is 8.52. The fourth-order valence-corrected chi connectivity index (χ4v) is 3.71. The van der Waals surface area contributed by atoms with Gasteiger partial charge in [0.05, 0.1) is 18.8 Å². The van der Waals surface area contributed by atoms with Gasteiger partial charge in [0.1, 0.15) is 0 Å². The second-order valence-corrected chi connectivity index (χ2v) is 7.01. The lowest BCUT2D eigenvalue weighted by molar-refractivity contribution is -0.132. The van der Waals surface area contributed by atoms with Crippen molar-refractivity contribution in [2.24, 2.45) is 0 Å². The molecular formula is C16H29N3O2. The Bertz CT molecular complexity index is 363. The van der Waals surface area contributed by atoms with E-state index >= 15 is 0 Å². The van der Waals surface area contributed by atoms with Crippen LogP contribution in [-0.4, -0.2) is 72.7 Å². The lowest BCUT2D eigenvalue weighted by Gasteiger charge is -2.38. The quantitative estimate of drug-likeness (QED) is 0.816. The minimum absolute atomic E-state index is 0.291. The average Bonchev–Trinajstić information content (AvgIpc) is 3.13. The SMILES string of the molecule is C[C@@H]1CN(C[C@H]2CCCN2C(=O)CNC2CC2)C[C@@H](C)O1. The van der Waals surface area contributed by atoms with Crippen LogP contribution in [0.1, 0.15) is 39.5 Å². The predicted octanol–water partition coefficient (Wildman–Crippen LogP) is 0.839. The molecule has 0 spiro atoms. The van der Waals surface area contributed by atoms with Gasteiger partial charge >= 0.3 is 0 Å².